The van der Waals surface area contributed by atoms with Gasteiger partial charge in [0.25, 0.3) is 0 Å². The molecule has 0 saturated carbocycles. The SMILES string of the molecule is CC(C)(c1ccccc1)c1cccnc1-c1[c-]cccc1.[2H]C([2H])(c1ccccc1)c1ccnc(-c2[c-]cccc2)c1.[Ir]. The van der Waals surface area contributed by atoms with Crippen molar-refractivity contribution in [3.05, 3.63) is 180 Å². The van der Waals surface area contributed by atoms with Crippen LogP contribution in [0.4, 0.5) is 0 Å². The van der Waals surface area contributed by atoms with Crippen molar-refractivity contribution in [3.63, 3.8) is 0 Å². The minimum absolute atomic E-state index is 0. The molecule has 0 saturated heterocycles. The molecule has 0 N–H and O–H groups in total. The molecule has 0 unspecified atom stereocenters. The van der Waals surface area contributed by atoms with Crippen molar-refractivity contribution in [2.75, 3.05) is 0 Å². The summed E-state index contributed by atoms with van der Waals surface area (Å²) in [6, 6.07) is 49.4. The van der Waals surface area contributed by atoms with Gasteiger partial charge in [0.15, 0.2) is 0 Å². The average Bonchev–Trinajstić information content (AvgIpc) is 3.07. The average molecular weight is 711 g/mol. The van der Waals surface area contributed by atoms with E-state index < -0.39 is 6.37 Å². The molecule has 41 heavy (non-hydrogen) atoms. The summed E-state index contributed by atoms with van der Waals surface area (Å²) in [4.78, 5) is 8.93. The largest absolute Gasteiger partial charge is 0.305 e. The van der Waals surface area contributed by atoms with Crippen molar-refractivity contribution >= 4 is 0 Å². The molecule has 0 atom stereocenters. The van der Waals surface area contributed by atoms with E-state index in [-0.39, 0.29) is 25.5 Å². The minimum atomic E-state index is -1.55. The zero-order chi connectivity index (χ0) is 29.4. The van der Waals surface area contributed by atoms with Crippen LogP contribution in [0.1, 0.15) is 38.8 Å². The third-order valence-corrected chi connectivity index (χ3v) is 6.75. The zero-order valence-electron chi connectivity index (χ0n) is 25.1. The van der Waals surface area contributed by atoms with Crippen LogP contribution in [0.2, 0.25) is 0 Å². The molecule has 3 heteroatoms. The van der Waals surface area contributed by atoms with Gasteiger partial charge in [-0.15, -0.1) is 71.8 Å². The van der Waals surface area contributed by atoms with E-state index in [2.05, 4.69) is 78.4 Å². The molecule has 0 amide bonds. The summed E-state index contributed by atoms with van der Waals surface area (Å²) in [5, 5.41) is 0. The van der Waals surface area contributed by atoms with Gasteiger partial charge >= 0.3 is 0 Å². The summed E-state index contributed by atoms with van der Waals surface area (Å²) in [6.45, 7) is 4.48. The van der Waals surface area contributed by atoms with Crippen molar-refractivity contribution < 1.29 is 22.8 Å². The van der Waals surface area contributed by atoms with E-state index >= 15 is 0 Å². The predicted molar refractivity (Wildman–Crippen MR) is 165 cm³/mol. The smallest absolute Gasteiger partial charge is 0.0365 e. The number of hydrogen-bond donors (Lipinski definition) is 0. The quantitative estimate of drug-likeness (QED) is 0.161. The van der Waals surface area contributed by atoms with Gasteiger partial charge in [-0.1, -0.05) is 92.2 Å². The molecule has 0 spiro atoms. The summed E-state index contributed by atoms with van der Waals surface area (Å²) in [5.41, 5.74) is 7.28. The molecule has 0 aliphatic heterocycles. The number of aromatic nitrogens is 2. The molecular weight excluding hydrogens is 677 g/mol. The maximum Gasteiger partial charge on any atom is 0.0365 e. The molecule has 4 aromatic carbocycles. The molecule has 6 aromatic rings. The first-order chi connectivity index (χ1) is 20.4. The van der Waals surface area contributed by atoms with Crippen LogP contribution in [-0.2, 0) is 31.9 Å². The van der Waals surface area contributed by atoms with E-state index in [4.69, 9.17) is 2.74 Å². The maximum absolute atomic E-state index is 8.40. The molecule has 0 aliphatic rings. The van der Waals surface area contributed by atoms with Gasteiger partial charge in [0, 0.05) is 40.7 Å². The van der Waals surface area contributed by atoms with Gasteiger partial charge in [-0.05, 0) is 46.6 Å². The number of benzene rings is 4. The van der Waals surface area contributed by atoms with Gasteiger partial charge in [-0.25, -0.2) is 0 Å². The molecule has 0 fully saturated rings. The molecule has 0 aliphatic carbocycles. The Labute approximate surface area is 260 Å². The molecule has 2 heterocycles. The van der Waals surface area contributed by atoms with E-state index in [0.29, 0.717) is 11.1 Å². The molecule has 2 nitrogen and oxygen atoms in total. The molecule has 6 rings (SSSR count). The van der Waals surface area contributed by atoms with Crippen molar-refractivity contribution in [1.82, 2.24) is 9.97 Å². The van der Waals surface area contributed by atoms with Gasteiger partial charge in [-0.2, -0.15) is 0 Å². The first-order valence-electron chi connectivity index (χ1n) is 14.3. The van der Waals surface area contributed by atoms with Crippen molar-refractivity contribution in [2.24, 2.45) is 0 Å². The maximum atomic E-state index is 8.40. The molecule has 205 valence electrons. The van der Waals surface area contributed by atoms with Crippen molar-refractivity contribution in [2.45, 2.75) is 25.6 Å². The Kier molecular flexibility index (Phi) is 9.53. The van der Waals surface area contributed by atoms with Crippen LogP contribution in [0.15, 0.2) is 146 Å². The third-order valence-electron chi connectivity index (χ3n) is 6.75. The van der Waals surface area contributed by atoms with Gasteiger partial charge < -0.3 is 9.97 Å². The fourth-order valence-corrected chi connectivity index (χ4v) is 4.57. The van der Waals surface area contributed by atoms with E-state index in [0.717, 1.165) is 22.5 Å². The third kappa shape index (κ3) is 7.73. The van der Waals surface area contributed by atoms with E-state index in [9.17, 15) is 0 Å². The Morgan fingerprint density at radius 2 is 1.27 bits per heavy atom. The minimum Gasteiger partial charge on any atom is -0.305 e. The number of rotatable bonds is 6. The summed E-state index contributed by atoms with van der Waals surface area (Å²) in [7, 11) is 0. The summed E-state index contributed by atoms with van der Waals surface area (Å²) in [5.74, 6) is 0. The topological polar surface area (TPSA) is 25.8 Å². The van der Waals surface area contributed by atoms with Crippen LogP contribution in [0.25, 0.3) is 22.5 Å². The Hall–Kier alpha value is -4.17. The molecule has 2 aromatic heterocycles. The van der Waals surface area contributed by atoms with E-state index in [1.807, 2.05) is 72.9 Å². The molecular formula is C38H32IrN2-2. The van der Waals surface area contributed by atoms with Crippen molar-refractivity contribution in [3.8, 4) is 22.5 Å². The van der Waals surface area contributed by atoms with Crippen LogP contribution in [-0.4, -0.2) is 9.97 Å². The van der Waals surface area contributed by atoms with Gasteiger partial charge in [0.1, 0.15) is 0 Å². The van der Waals surface area contributed by atoms with Crippen LogP contribution >= 0.6 is 0 Å². The standard InChI is InChI=1S/C20H18N.C18H14N.Ir/c1-20(2,17-12-7-4-8-13-17)18-14-9-15-21-19(18)16-10-5-3-6-11-16;1-3-7-15(8-4-1)13-16-11-12-19-18(14-16)17-9-5-2-6-10-17;/h3-10,12-15H,1-2H3;1-9,11-12,14H,13H2;/q2*-1;/i;13D2;. The Balaban J connectivity index is 0.000000192. The number of pyridine rings is 2. The van der Waals surface area contributed by atoms with E-state index in [1.54, 1.807) is 30.5 Å². The summed E-state index contributed by atoms with van der Waals surface area (Å²) >= 11 is 0. The first kappa shape index (κ1) is 27.0. The van der Waals surface area contributed by atoms with Gasteiger partial charge in [0.05, 0.1) is 0 Å². The molecule has 1 radical (unpaired) electrons. The van der Waals surface area contributed by atoms with Crippen molar-refractivity contribution in [1.29, 1.82) is 0 Å². The van der Waals surface area contributed by atoms with Crippen LogP contribution in [0, 0.1) is 12.1 Å². The Morgan fingerprint density at radius 1 is 0.634 bits per heavy atom. The van der Waals surface area contributed by atoms with E-state index in [1.165, 1.54) is 11.1 Å². The predicted octanol–water partition coefficient (Wildman–Crippen LogP) is 9.01. The van der Waals surface area contributed by atoms with Crippen LogP contribution < -0.4 is 0 Å². The Bertz CT molecular complexity index is 1710. The van der Waals surface area contributed by atoms with Gasteiger partial charge in [0.2, 0.25) is 0 Å². The second kappa shape index (κ2) is 14.5. The van der Waals surface area contributed by atoms with Crippen LogP contribution in [0.3, 0.4) is 0 Å². The second-order valence-corrected chi connectivity index (χ2v) is 9.86. The first-order valence-corrected chi connectivity index (χ1v) is 13.3. The summed E-state index contributed by atoms with van der Waals surface area (Å²) in [6.07, 6.45) is 1.95. The summed E-state index contributed by atoms with van der Waals surface area (Å²) < 4.78 is 16.8. The fraction of sp³-hybridized carbons (Fsp3) is 0.105. The second-order valence-electron chi connectivity index (χ2n) is 9.86. The fourth-order valence-electron chi connectivity index (χ4n) is 4.57. The monoisotopic (exact) mass is 711 g/mol. The number of nitrogens with zero attached hydrogens (tertiary/aromatic N) is 2. The Morgan fingerprint density at radius 3 is 1.93 bits per heavy atom. The zero-order valence-corrected chi connectivity index (χ0v) is 25.5. The normalized spacial score (nSPS) is 11.7. The number of hydrogen-bond acceptors (Lipinski definition) is 2. The van der Waals surface area contributed by atoms with Gasteiger partial charge in [-0.3, -0.25) is 0 Å². The molecule has 0 bridgehead atoms. The van der Waals surface area contributed by atoms with Crippen LogP contribution in [0.5, 0.6) is 0 Å².